The van der Waals surface area contributed by atoms with E-state index in [0.29, 0.717) is 18.1 Å². The summed E-state index contributed by atoms with van der Waals surface area (Å²) in [5.41, 5.74) is 0.642. The molecular formula is C17H16O4. The van der Waals surface area contributed by atoms with E-state index in [9.17, 15) is 4.79 Å². The van der Waals surface area contributed by atoms with Gasteiger partial charge in [0, 0.05) is 6.07 Å². The summed E-state index contributed by atoms with van der Waals surface area (Å²) in [6.07, 6.45) is 0. The zero-order valence-corrected chi connectivity index (χ0v) is 12.0. The summed E-state index contributed by atoms with van der Waals surface area (Å²) in [4.78, 5) is 11.1. The van der Waals surface area contributed by atoms with Crippen LogP contribution in [0.15, 0.2) is 45.6 Å². The van der Waals surface area contributed by atoms with Crippen molar-refractivity contribution in [3.8, 4) is 23.3 Å². The minimum atomic E-state index is -0.430. The van der Waals surface area contributed by atoms with Crippen LogP contribution in [-0.2, 0) is 0 Å². The van der Waals surface area contributed by atoms with Crippen molar-refractivity contribution in [3.05, 3.63) is 58.1 Å². The fraction of sp³-hybridized carbons (Fsp3) is 0.235. The van der Waals surface area contributed by atoms with Gasteiger partial charge in [0.25, 0.3) is 0 Å². The van der Waals surface area contributed by atoms with Crippen LogP contribution in [0.25, 0.3) is 0 Å². The van der Waals surface area contributed by atoms with Gasteiger partial charge in [-0.3, -0.25) is 0 Å². The Kier molecular flexibility index (Phi) is 5.05. The van der Waals surface area contributed by atoms with E-state index in [-0.39, 0.29) is 6.61 Å². The molecule has 0 saturated heterocycles. The van der Waals surface area contributed by atoms with Crippen molar-refractivity contribution in [1.82, 2.24) is 0 Å². The van der Waals surface area contributed by atoms with Crippen LogP contribution in [0.5, 0.6) is 11.5 Å². The van der Waals surface area contributed by atoms with E-state index in [2.05, 4.69) is 11.8 Å². The van der Waals surface area contributed by atoms with Crippen molar-refractivity contribution in [2.24, 2.45) is 0 Å². The first-order valence-electron chi connectivity index (χ1n) is 6.54. The minimum Gasteiger partial charge on any atom is -0.481 e. The average Bonchev–Trinajstić information content (AvgIpc) is 2.43. The molecule has 0 unspecified atom stereocenters. The van der Waals surface area contributed by atoms with E-state index in [1.807, 2.05) is 31.2 Å². The fourth-order valence-electron chi connectivity index (χ4n) is 1.71. The second-order valence-corrected chi connectivity index (χ2v) is 4.42. The lowest BCUT2D eigenvalue weighted by Gasteiger charge is -2.04. The first kappa shape index (κ1) is 14.7. The summed E-state index contributed by atoms with van der Waals surface area (Å²) in [6, 6.07) is 10.7. The SMILES string of the molecule is Cc1cc(OCC#CCOc2ccccc2C)cc(=O)o1. The van der Waals surface area contributed by atoms with Crippen LogP contribution in [0.3, 0.4) is 0 Å². The van der Waals surface area contributed by atoms with E-state index in [1.54, 1.807) is 13.0 Å². The highest BCUT2D eigenvalue weighted by Gasteiger charge is 1.98. The molecular weight excluding hydrogens is 268 g/mol. The van der Waals surface area contributed by atoms with Crippen LogP contribution in [-0.4, -0.2) is 13.2 Å². The molecule has 108 valence electrons. The smallest absolute Gasteiger partial charge is 0.339 e. The van der Waals surface area contributed by atoms with Crippen molar-refractivity contribution < 1.29 is 13.9 Å². The number of para-hydroxylation sites is 1. The van der Waals surface area contributed by atoms with Crippen LogP contribution in [0.2, 0.25) is 0 Å². The Labute approximate surface area is 123 Å². The number of rotatable bonds is 4. The van der Waals surface area contributed by atoms with Gasteiger partial charge in [-0.15, -0.1) is 0 Å². The first-order valence-corrected chi connectivity index (χ1v) is 6.54. The van der Waals surface area contributed by atoms with Gasteiger partial charge in [0.05, 0.1) is 6.07 Å². The highest BCUT2D eigenvalue weighted by atomic mass is 16.5. The van der Waals surface area contributed by atoms with E-state index in [4.69, 9.17) is 13.9 Å². The molecule has 1 aromatic heterocycles. The average molecular weight is 284 g/mol. The van der Waals surface area contributed by atoms with E-state index >= 15 is 0 Å². The van der Waals surface area contributed by atoms with Crippen molar-refractivity contribution in [2.75, 3.05) is 13.2 Å². The molecule has 0 amide bonds. The monoisotopic (exact) mass is 284 g/mol. The quantitative estimate of drug-likeness (QED) is 0.810. The maximum absolute atomic E-state index is 11.1. The molecule has 4 heteroatoms. The van der Waals surface area contributed by atoms with Gasteiger partial charge in [-0.1, -0.05) is 30.0 Å². The number of aryl methyl sites for hydroxylation is 2. The second kappa shape index (κ2) is 7.20. The second-order valence-electron chi connectivity index (χ2n) is 4.42. The number of ether oxygens (including phenoxy) is 2. The molecule has 2 rings (SSSR count). The molecule has 0 radical (unpaired) electrons. The van der Waals surface area contributed by atoms with Gasteiger partial charge in [-0.05, 0) is 25.5 Å². The third-order valence-electron chi connectivity index (χ3n) is 2.70. The summed E-state index contributed by atoms with van der Waals surface area (Å²) in [5.74, 6) is 7.48. The first-order chi connectivity index (χ1) is 10.1. The third kappa shape index (κ3) is 4.73. The normalized spacial score (nSPS) is 9.62. The molecule has 0 aliphatic rings. The predicted octanol–water partition coefficient (Wildman–Crippen LogP) is 2.72. The van der Waals surface area contributed by atoms with Gasteiger partial charge in [0.1, 0.15) is 30.5 Å². The standard InChI is InChI=1S/C17H16O4/c1-13-7-3-4-8-16(13)20-10-6-5-9-19-15-11-14(2)21-17(18)12-15/h3-4,7-8,11-12H,9-10H2,1-2H3. The molecule has 4 nitrogen and oxygen atoms in total. The molecule has 21 heavy (non-hydrogen) atoms. The number of hydrogen-bond acceptors (Lipinski definition) is 4. The van der Waals surface area contributed by atoms with Crippen LogP contribution in [0.4, 0.5) is 0 Å². The molecule has 0 aliphatic heterocycles. The maximum Gasteiger partial charge on any atom is 0.339 e. The highest BCUT2D eigenvalue weighted by Crippen LogP contribution is 2.15. The summed E-state index contributed by atoms with van der Waals surface area (Å²) < 4.78 is 15.7. The predicted molar refractivity (Wildman–Crippen MR) is 79.7 cm³/mol. The Hall–Kier alpha value is -2.67. The molecule has 0 spiro atoms. The van der Waals surface area contributed by atoms with Crippen molar-refractivity contribution in [3.63, 3.8) is 0 Å². The number of hydrogen-bond donors (Lipinski definition) is 0. The molecule has 0 atom stereocenters. The van der Waals surface area contributed by atoms with Gasteiger partial charge in [0.15, 0.2) is 0 Å². The van der Waals surface area contributed by atoms with Gasteiger partial charge in [0.2, 0.25) is 0 Å². The topological polar surface area (TPSA) is 48.7 Å². The van der Waals surface area contributed by atoms with Crippen molar-refractivity contribution >= 4 is 0 Å². The lowest BCUT2D eigenvalue weighted by atomic mass is 10.2. The molecule has 1 heterocycles. The van der Waals surface area contributed by atoms with Crippen LogP contribution in [0, 0.1) is 25.7 Å². The molecule has 0 saturated carbocycles. The molecule has 0 N–H and O–H groups in total. The third-order valence-corrected chi connectivity index (χ3v) is 2.70. The largest absolute Gasteiger partial charge is 0.481 e. The molecule has 0 fully saturated rings. The summed E-state index contributed by atoms with van der Waals surface area (Å²) in [5, 5.41) is 0. The lowest BCUT2D eigenvalue weighted by molar-refractivity contribution is 0.355. The van der Waals surface area contributed by atoms with E-state index < -0.39 is 5.63 Å². The summed E-state index contributed by atoms with van der Waals surface area (Å²) in [6.45, 7) is 4.16. The Morgan fingerprint density at radius 1 is 1.05 bits per heavy atom. The molecule has 1 aromatic carbocycles. The zero-order chi connectivity index (χ0) is 15.1. The maximum atomic E-state index is 11.1. The van der Waals surface area contributed by atoms with Gasteiger partial charge in [-0.2, -0.15) is 0 Å². The summed E-state index contributed by atoms with van der Waals surface area (Å²) >= 11 is 0. The minimum absolute atomic E-state index is 0.194. The van der Waals surface area contributed by atoms with Crippen LogP contribution >= 0.6 is 0 Å². The molecule has 0 bridgehead atoms. The Bertz CT molecular complexity index is 719. The van der Waals surface area contributed by atoms with Crippen LogP contribution in [0.1, 0.15) is 11.3 Å². The van der Waals surface area contributed by atoms with Gasteiger partial charge in [-0.25, -0.2) is 4.79 Å². The Morgan fingerprint density at radius 2 is 1.76 bits per heavy atom. The lowest BCUT2D eigenvalue weighted by Crippen LogP contribution is -2.02. The van der Waals surface area contributed by atoms with Crippen molar-refractivity contribution in [1.29, 1.82) is 0 Å². The summed E-state index contributed by atoms with van der Waals surface area (Å²) in [7, 11) is 0. The van der Waals surface area contributed by atoms with Gasteiger partial charge < -0.3 is 13.9 Å². The van der Waals surface area contributed by atoms with E-state index in [0.717, 1.165) is 11.3 Å². The van der Waals surface area contributed by atoms with Crippen LogP contribution < -0.4 is 15.1 Å². The zero-order valence-electron chi connectivity index (χ0n) is 12.0. The molecule has 2 aromatic rings. The fourth-order valence-corrected chi connectivity index (χ4v) is 1.71. The van der Waals surface area contributed by atoms with E-state index in [1.165, 1.54) is 6.07 Å². The Balaban J connectivity index is 1.79. The number of benzene rings is 1. The van der Waals surface area contributed by atoms with Gasteiger partial charge >= 0.3 is 5.63 Å². The molecule has 0 aliphatic carbocycles. The Morgan fingerprint density at radius 3 is 2.48 bits per heavy atom. The highest BCUT2D eigenvalue weighted by molar-refractivity contribution is 5.32. The van der Waals surface area contributed by atoms with Crippen molar-refractivity contribution in [2.45, 2.75) is 13.8 Å².